The SMILES string of the molecule is CC(C)(C)OC(=O)N1CCOCC1C(CC(=O)O)C(=O)O. The fraction of sp³-hybridized carbons (Fsp3) is 0.769. The Bertz CT molecular complexity index is 415. The maximum absolute atomic E-state index is 12.1. The molecule has 0 aromatic rings. The van der Waals surface area contributed by atoms with E-state index in [4.69, 9.17) is 14.6 Å². The molecule has 0 aromatic heterocycles. The van der Waals surface area contributed by atoms with Crippen LogP contribution in [0.15, 0.2) is 0 Å². The van der Waals surface area contributed by atoms with Gasteiger partial charge in [0.05, 0.1) is 31.6 Å². The quantitative estimate of drug-likeness (QED) is 0.789. The maximum atomic E-state index is 12.1. The van der Waals surface area contributed by atoms with E-state index in [0.29, 0.717) is 0 Å². The van der Waals surface area contributed by atoms with Gasteiger partial charge in [-0.25, -0.2) is 4.79 Å². The fourth-order valence-corrected chi connectivity index (χ4v) is 2.08. The number of carboxylic acids is 2. The lowest BCUT2D eigenvalue weighted by molar-refractivity contribution is -0.153. The number of morpholine rings is 1. The number of hydrogen-bond donors (Lipinski definition) is 2. The van der Waals surface area contributed by atoms with Gasteiger partial charge in [-0.1, -0.05) is 0 Å². The topological polar surface area (TPSA) is 113 Å². The van der Waals surface area contributed by atoms with Crippen LogP contribution in [0.4, 0.5) is 4.79 Å². The molecule has 8 nitrogen and oxygen atoms in total. The fourth-order valence-electron chi connectivity index (χ4n) is 2.08. The summed E-state index contributed by atoms with van der Waals surface area (Å²) >= 11 is 0. The van der Waals surface area contributed by atoms with Crippen LogP contribution in [0.2, 0.25) is 0 Å². The number of hydrogen-bond acceptors (Lipinski definition) is 5. The van der Waals surface area contributed by atoms with Crippen molar-refractivity contribution >= 4 is 18.0 Å². The molecule has 1 aliphatic heterocycles. The zero-order chi connectivity index (χ0) is 16.2. The van der Waals surface area contributed by atoms with Gasteiger partial charge in [0.2, 0.25) is 0 Å². The Kier molecular flexibility index (Phi) is 5.54. The molecule has 1 heterocycles. The number of carboxylic acid groups (broad SMARTS) is 2. The van der Waals surface area contributed by atoms with E-state index in [1.807, 2.05) is 0 Å². The van der Waals surface area contributed by atoms with Crippen molar-refractivity contribution in [3.8, 4) is 0 Å². The molecule has 21 heavy (non-hydrogen) atoms. The molecule has 0 aromatic carbocycles. The second-order valence-electron chi connectivity index (χ2n) is 5.86. The summed E-state index contributed by atoms with van der Waals surface area (Å²) in [7, 11) is 0. The predicted octanol–water partition coefficient (Wildman–Crippen LogP) is 0.798. The third kappa shape index (κ3) is 5.22. The lowest BCUT2D eigenvalue weighted by Gasteiger charge is -2.38. The summed E-state index contributed by atoms with van der Waals surface area (Å²) in [6, 6.07) is -0.859. The minimum absolute atomic E-state index is 0.0243. The first kappa shape index (κ1) is 17.2. The Morgan fingerprint density at radius 2 is 1.95 bits per heavy atom. The lowest BCUT2D eigenvalue weighted by atomic mass is 9.94. The molecule has 1 fully saturated rings. The molecule has 0 radical (unpaired) electrons. The molecule has 1 saturated heterocycles. The highest BCUT2D eigenvalue weighted by Gasteiger charge is 2.40. The number of rotatable bonds is 4. The number of ether oxygens (including phenoxy) is 2. The Morgan fingerprint density at radius 3 is 2.43 bits per heavy atom. The minimum Gasteiger partial charge on any atom is -0.481 e. The van der Waals surface area contributed by atoms with Crippen molar-refractivity contribution < 1.29 is 34.1 Å². The van der Waals surface area contributed by atoms with Crippen molar-refractivity contribution in [2.45, 2.75) is 38.8 Å². The van der Waals surface area contributed by atoms with Crippen LogP contribution in [-0.2, 0) is 19.1 Å². The number of carbonyl (C=O) groups is 3. The molecule has 0 bridgehead atoms. The number of nitrogens with zero attached hydrogens (tertiary/aromatic N) is 1. The molecule has 120 valence electrons. The largest absolute Gasteiger partial charge is 0.481 e. The third-order valence-electron chi connectivity index (χ3n) is 2.97. The molecule has 2 unspecified atom stereocenters. The number of aliphatic carboxylic acids is 2. The average Bonchev–Trinajstić information content (AvgIpc) is 2.33. The van der Waals surface area contributed by atoms with Crippen molar-refractivity contribution in [3.05, 3.63) is 0 Å². The highest BCUT2D eigenvalue weighted by Crippen LogP contribution is 2.22. The van der Waals surface area contributed by atoms with Crippen molar-refractivity contribution in [3.63, 3.8) is 0 Å². The summed E-state index contributed by atoms with van der Waals surface area (Å²) in [5.74, 6) is -3.76. The van der Waals surface area contributed by atoms with E-state index >= 15 is 0 Å². The molecule has 0 aliphatic carbocycles. The zero-order valence-corrected chi connectivity index (χ0v) is 12.4. The highest BCUT2D eigenvalue weighted by atomic mass is 16.6. The van der Waals surface area contributed by atoms with Crippen LogP contribution < -0.4 is 0 Å². The average molecular weight is 303 g/mol. The summed E-state index contributed by atoms with van der Waals surface area (Å²) in [5.41, 5.74) is -0.717. The molecule has 0 spiro atoms. The second kappa shape index (κ2) is 6.75. The van der Waals surface area contributed by atoms with E-state index in [9.17, 15) is 19.5 Å². The van der Waals surface area contributed by atoms with Crippen molar-refractivity contribution in [2.24, 2.45) is 5.92 Å². The summed E-state index contributed by atoms with van der Waals surface area (Å²) in [6.07, 6.45) is -1.24. The predicted molar refractivity (Wildman–Crippen MR) is 70.9 cm³/mol. The van der Waals surface area contributed by atoms with E-state index in [2.05, 4.69) is 0 Å². The van der Waals surface area contributed by atoms with Crippen LogP contribution in [0.1, 0.15) is 27.2 Å². The molecule has 2 N–H and O–H groups in total. The van der Waals surface area contributed by atoms with E-state index in [0.717, 1.165) is 0 Å². The summed E-state index contributed by atoms with van der Waals surface area (Å²) < 4.78 is 10.4. The van der Waals surface area contributed by atoms with Gasteiger partial charge in [-0.3, -0.25) is 14.5 Å². The summed E-state index contributed by atoms with van der Waals surface area (Å²) in [5, 5.41) is 18.0. The second-order valence-corrected chi connectivity index (χ2v) is 5.86. The molecule has 1 amide bonds. The maximum Gasteiger partial charge on any atom is 0.410 e. The van der Waals surface area contributed by atoms with Gasteiger partial charge in [0.25, 0.3) is 0 Å². The van der Waals surface area contributed by atoms with Gasteiger partial charge in [-0.2, -0.15) is 0 Å². The molecular weight excluding hydrogens is 282 g/mol. The van der Waals surface area contributed by atoms with Gasteiger partial charge >= 0.3 is 18.0 Å². The Labute approximate surface area is 122 Å². The zero-order valence-electron chi connectivity index (χ0n) is 12.4. The van der Waals surface area contributed by atoms with Crippen LogP contribution in [0.25, 0.3) is 0 Å². The number of carbonyl (C=O) groups excluding carboxylic acids is 1. The van der Waals surface area contributed by atoms with E-state index in [1.165, 1.54) is 4.90 Å². The van der Waals surface area contributed by atoms with E-state index in [-0.39, 0.29) is 19.8 Å². The van der Waals surface area contributed by atoms with Gasteiger partial charge in [-0.05, 0) is 20.8 Å². The van der Waals surface area contributed by atoms with Crippen molar-refractivity contribution in [1.82, 2.24) is 4.90 Å². The first-order valence-electron chi connectivity index (χ1n) is 6.64. The molecule has 1 aliphatic rings. The first-order chi connectivity index (χ1) is 9.61. The molecule has 8 heteroatoms. The van der Waals surface area contributed by atoms with Crippen LogP contribution in [0, 0.1) is 5.92 Å². The Balaban J connectivity index is 2.91. The molecular formula is C13H21NO7. The molecule has 2 atom stereocenters. The number of amides is 1. The van der Waals surface area contributed by atoms with Crippen molar-refractivity contribution in [1.29, 1.82) is 0 Å². The van der Waals surface area contributed by atoms with Gasteiger partial charge in [-0.15, -0.1) is 0 Å². The van der Waals surface area contributed by atoms with Gasteiger partial charge in [0.15, 0.2) is 0 Å². The third-order valence-corrected chi connectivity index (χ3v) is 2.97. The van der Waals surface area contributed by atoms with Crippen molar-refractivity contribution in [2.75, 3.05) is 19.8 Å². The van der Waals surface area contributed by atoms with Gasteiger partial charge < -0.3 is 19.7 Å². The normalized spacial score (nSPS) is 20.7. The van der Waals surface area contributed by atoms with E-state index in [1.54, 1.807) is 20.8 Å². The Morgan fingerprint density at radius 1 is 1.33 bits per heavy atom. The molecule has 0 saturated carbocycles. The molecule has 1 rings (SSSR count). The van der Waals surface area contributed by atoms with Crippen LogP contribution in [0.5, 0.6) is 0 Å². The Hall–Kier alpha value is -1.83. The highest BCUT2D eigenvalue weighted by molar-refractivity contribution is 5.79. The summed E-state index contributed by atoms with van der Waals surface area (Å²) in [4.78, 5) is 35.5. The van der Waals surface area contributed by atoms with Crippen LogP contribution in [-0.4, -0.2) is 64.5 Å². The van der Waals surface area contributed by atoms with Crippen LogP contribution in [0.3, 0.4) is 0 Å². The van der Waals surface area contributed by atoms with Gasteiger partial charge in [0.1, 0.15) is 5.60 Å². The van der Waals surface area contributed by atoms with Crippen LogP contribution >= 0.6 is 0 Å². The standard InChI is InChI=1S/C13H21NO7/c1-13(2,3)21-12(19)14-4-5-20-7-9(14)8(11(17)18)6-10(15)16/h8-9H,4-7H2,1-3H3,(H,15,16)(H,17,18). The lowest BCUT2D eigenvalue weighted by Crippen LogP contribution is -2.55. The van der Waals surface area contributed by atoms with E-state index < -0.39 is 42.0 Å². The summed E-state index contributed by atoms with van der Waals surface area (Å²) in [6.45, 7) is 5.51. The minimum atomic E-state index is -1.28. The smallest absolute Gasteiger partial charge is 0.410 e. The first-order valence-corrected chi connectivity index (χ1v) is 6.64. The van der Waals surface area contributed by atoms with Gasteiger partial charge in [0, 0.05) is 6.54 Å². The monoisotopic (exact) mass is 303 g/mol.